The summed E-state index contributed by atoms with van der Waals surface area (Å²) in [4.78, 5) is 12.4. The Bertz CT molecular complexity index is 534. The second-order valence-electron chi connectivity index (χ2n) is 5.90. The predicted octanol–water partition coefficient (Wildman–Crippen LogP) is 3.81. The highest BCUT2D eigenvalue weighted by Crippen LogP contribution is 2.27. The summed E-state index contributed by atoms with van der Waals surface area (Å²) in [6, 6.07) is 0. The largest absolute Gasteiger partial charge is 0.339 e. The lowest BCUT2D eigenvalue weighted by Gasteiger charge is -2.12. The molecule has 0 radical (unpaired) electrons. The standard InChI is InChI=1S/C16H24N4/c1-2-3-8-15-18-11-14(19-15)16-17-9-10-20(16)12-13-6-4-5-7-13/h9-11,13H,2-8,12H2,1H3,(H,18,19). The van der Waals surface area contributed by atoms with Crippen LogP contribution in [0.15, 0.2) is 18.6 Å². The Hall–Kier alpha value is -1.58. The van der Waals surface area contributed by atoms with Crippen molar-refractivity contribution in [2.45, 2.75) is 58.4 Å². The molecule has 2 aromatic heterocycles. The molecule has 0 aliphatic heterocycles. The second-order valence-corrected chi connectivity index (χ2v) is 5.90. The van der Waals surface area contributed by atoms with E-state index in [-0.39, 0.29) is 0 Å². The van der Waals surface area contributed by atoms with Crippen LogP contribution in [0.2, 0.25) is 0 Å². The quantitative estimate of drug-likeness (QED) is 0.869. The predicted molar refractivity (Wildman–Crippen MR) is 80.4 cm³/mol. The number of hydrogen-bond donors (Lipinski definition) is 1. The summed E-state index contributed by atoms with van der Waals surface area (Å²) in [5, 5.41) is 0. The summed E-state index contributed by atoms with van der Waals surface area (Å²) in [7, 11) is 0. The first-order chi connectivity index (χ1) is 9.86. The SMILES string of the molecule is CCCCc1ncc(-c2nccn2CC2CCCC2)[nH]1. The molecule has 4 heteroatoms. The van der Waals surface area contributed by atoms with Crippen molar-refractivity contribution >= 4 is 0 Å². The van der Waals surface area contributed by atoms with Gasteiger partial charge in [0.25, 0.3) is 0 Å². The van der Waals surface area contributed by atoms with Crippen molar-refractivity contribution in [2.75, 3.05) is 0 Å². The van der Waals surface area contributed by atoms with Crippen molar-refractivity contribution in [2.24, 2.45) is 5.92 Å². The average Bonchev–Trinajstić information content (AvgIpc) is 3.18. The molecule has 1 saturated carbocycles. The van der Waals surface area contributed by atoms with Gasteiger partial charge in [0.1, 0.15) is 11.5 Å². The van der Waals surface area contributed by atoms with Gasteiger partial charge in [-0.3, -0.25) is 0 Å². The molecule has 0 amide bonds. The lowest BCUT2D eigenvalue weighted by atomic mass is 10.1. The summed E-state index contributed by atoms with van der Waals surface area (Å²) in [5.74, 6) is 2.94. The van der Waals surface area contributed by atoms with Crippen LogP contribution >= 0.6 is 0 Å². The fourth-order valence-corrected chi connectivity index (χ4v) is 3.12. The highest BCUT2D eigenvalue weighted by molar-refractivity contribution is 5.48. The molecule has 2 heterocycles. The molecule has 0 atom stereocenters. The third-order valence-corrected chi connectivity index (χ3v) is 4.28. The van der Waals surface area contributed by atoms with E-state index in [1.54, 1.807) is 0 Å². The number of aromatic amines is 1. The molecule has 0 unspecified atom stereocenters. The molecule has 0 aromatic carbocycles. The molecule has 1 aliphatic rings. The van der Waals surface area contributed by atoms with Crippen LogP contribution in [-0.2, 0) is 13.0 Å². The lowest BCUT2D eigenvalue weighted by Crippen LogP contribution is -2.08. The van der Waals surface area contributed by atoms with Crippen LogP contribution in [-0.4, -0.2) is 19.5 Å². The van der Waals surface area contributed by atoms with Gasteiger partial charge in [0.15, 0.2) is 5.82 Å². The molecule has 2 aromatic rings. The Labute approximate surface area is 120 Å². The summed E-state index contributed by atoms with van der Waals surface area (Å²) >= 11 is 0. The Morgan fingerprint density at radius 3 is 2.95 bits per heavy atom. The molecule has 0 spiro atoms. The molecule has 4 nitrogen and oxygen atoms in total. The summed E-state index contributed by atoms with van der Waals surface area (Å²) < 4.78 is 2.28. The van der Waals surface area contributed by atoms with Gasteiger partial charge in [0.2, 0.25) is 0 Å². The van der Waals surface area contributed by atoms with Crippen LogP contribution in [0.4, 0.5) is 0 Å². The number of nitrogens with zero attached hydrogens (tertiary/aromatic N) is 3. The second kappa shape index (κ2) is 6.25. The van der Waals surface area contributed by atoms with Gasteiger partial charge < -0.3 is 9.55 Å². The lowest BCUT2D eigenvalue weighted by molar-refractivity contribution is 0.460. The molecule has 1 N–H and O–H groups in total. The summed E-state index contributed by atoms with van der Waals surface area (Å²) in [6.45, 7) is 3.30. The molecular formula is C16H24N4. The van der Waals surface area contributed by atoms with Gasteiger partial charge in [-0.2, -0.15) is 0 Å². The Morgan fingerprint density at radius 1 is 1.30 bits per heavy atom. The Kier molecular flexibility index (Phi) is 4.19. The van der Waals surface area contributed by atoms with Crippen LogP contribution in [0.5, 0.6) is 0 Å². The van der Waals surface area contributed by atoms with E-state index in [0.29, 0.717) is 0 Å². The van der Waals surface area contributed by atoms with Crippen molar-refractivity contribution in [3.8, 4) is 11.5 Å². The third-order valence-electron chi connectivity index (χ3n) is 4.28. The number of imidazole rings is 2. The van der Waals surface area contributed by atoms with E-state index in [1.165, 1.54) is 38.5 Å². The van der Waals surface area contributed by atoms with E-state index >= 15 is 0 Å². The van der Waals surface area contributed by atoms with E-state index in [0.717, 1.165) is 36.2 Å². The fraction of sp³-hybridized carbons (Fsp3) is 0.625. The minimum Gasteiger partial charge on any atom is -0.339 e. The number of nitrogens with one attached hydrogen (secondary N) is 1. The zero-order valence-corrected chi connectivity index (χ0v) is 12.3. The Balaban J connectivity index is 1.72. The molecule has 3 rings (SSSR count). The maximum absolute atomic E-state index is 4.51. The normalized spacial score (nSPS) is 16.1. The number of unbranched alkanes of at least 4 members (excludes halogenated alkanes) is 1. The molecule has 0 bridgehead atoms. The van der Waals surface area contributed by atoms with Crippen LogP contribution in [0.3, 0.4) is 0 Å². The summed E-state index contributed by atoms with van der Waals surface area (Å²) in [6.07, 6.45) is 14.8. The van der Waals surface area contributed by atoms with Gasteiger partial charge in [0, 0.05) is 25.4 Å². The van der Waals surface area contributed by atoms with E-state index in [9.17, 15) is 0 Å². The minimum absolute atomic E-state index is 0.824. The first-order valence-corrected chi connectivity index (χ1v) is 7.92. The molecular weight excluding hydrogens is 248 g/mol. The molecule has 1 aliphatic carbocycles. The van der Waals surface area contributed by atoms with E-state index in [4.69, 9.17) is 0 Å². The van der Waals surface area contributed by atoms with Gasteiger partial charge >= 0.3 is 0 Å². The van der Waals surface area contributed by atoms with Gasteiger partial charge in [0.05, 0.1) is 6.20 Å². The van der Waals surface area contributed by atoms with E-state index in [2.05, 4.69) is 32.6 Å². The van der Waals surface area contributed by atoms with Gasteiger partial charge in [-0.25, -0.2) is 9.97 Å². The van der Waals surface area contributed by atoms with Crippen molar-refractivity contribution < 1.29 is 0 Å². The first-order valence-electron chi connectivity index (χ1n) is 7.92. The fourth-order valence-electron chi connectivity index (χ4n) is 3.12. The highest BCUT2D eigenvalue weighted by Gasteiger charge is 2.17. The number of H-pyrrole nitrogens is 1. The van der Waals surface area contributed by atoms with Gasteiger partial charge in [-0.15, -0.1) is 0 Å². The molecule has 1 fully saturated rings. The molecule has 20 heavy (non-hydrogen) atoms. The summed E-state index contributed by atoms with van der Waals surface area (Å²) in [5.41, 5.74) is 1.05. The number of aryl methyl sites for hydroxylation is 1. The van der Waals surface area contributed by atoms with Crippen LogP contribution in [0.1, 0.15) is 51.3 Å². The van der Waals surface area contributed by atoms with E-state index < -0.39 is 0 Å². The maximum Gasteiger partial charge on any atom is 0.158 e. The van der Waals surface area contributed by atoms with Gasteiger partial charge in [-0.05, 0) is 25.2 Å². The first kappa shape index (κ1) is 13.4. The van der Waals surface area contributed by atoms with Crippen LogP contribution < -0.4 is 0 Å². The van der Waals surface area contributed by atoms with E-state index in [1.807, 2.05) is 12.4 Å². The zero-order valence-electron chi connectivity index (χ0n) is 12.3. The number of hydrogen-bond acceptors (Lipinski definition) is 2. The van der Waals surface area contributed by atoms with Crippen LogP contribution in [0.25, 0.3) is 11.5 Å². The van der Waals surface area contributed by atoms with Crippen molar-refractivity contribution in [1.82, 2.24) is 19.5 Å². The maximum atomic E-state index is 4.51. The third kappa shape index (κ3) is 2.94. The Morgan fingerprint density at radius 2 is 2.15 bits per heavy atom. The smallest absolute Gasteiger partial charge is 0.158 e. The zero-order chi connectivity index (χ0) is 13.8. The van der Waals surface area contributed by atoms with Crippen molar-refractivity contribution in [1.29, 1.82) is 0 Å². The number of aromatic nitrogens is 4. The van der Waals surface area contributed by atoms with Gasteiger partial charge in [-0.1, -0.05) is 26.2 Å². The van der Waals surface area contributed by atoms with Crippen molar-refractivity contribution in [3.63, 3.8) is 0 Å². The number of rotatable bonds is 6. The monoisotopic (exact) mass is 272 g/mol. The topological polar surface area (TPSA) is 46.5 Å². The molecule has 108 valence electrons. The molecule has 0 saturated heterocycles. The highest BCUT2D eigenvalue weighted by atomic mass is 15.1. The minimum atomic E-state index is 0.824. The van der Waals surface area contributed by atoms with Crippen molar-refractivity contribution in [3.05, 3.63) is 24.4 Å². The van der Waals surface area contributed by atoms with Crippen LogP contribution in [0, 0.1) is 5.92 Å². The average molecular weight is 272 g/mol.